The van der Waals surface area contributed by atoms with Crippen molar-refractivity contribution in [2.75, 3.05) is 4.90 Å². The lowest BCUT2D eigenvalue weighted by molar-refractivity contribution is -0.122. The summed E-state index contributed by atoms with van der Waals surface area (Å²) in [6.45, 7) is 1.73. The second kappa shape index (κ2) is 9.65. The number of halogens is 2. The Morgan fingerprint density at radius 1 is 0.970 bits per heavy atom. The van der Waals surface area contributed by atoms with Crippen LogP contribution >= 0.6 is 38.5 Å². The molecule has 0 aliphatic carbocycles. The largest absolute Gasteiger partial charge is 0.274 e. The van der Waals surface area contributed by atoms with Gasteiger partial charge < -0.3 is 0 Å². The summed E-state index contributed by atoms with van der Waals surface area (Å²) in [4.78, 5) is 27.6. The first kappa shape index (κ1) is 24.1. The highest BCUT2D eigenvalue weighted by atomic mass is 127. The lowest BCUT2D eigenvalue weighted by Crippen LogP contribution is -2.46. The van der Waals surface area contributed by atoms with Crippen molar-refractivity contribution < 1.29 is 18.0 Å². The highest BCUT2D eigenvalue weighted by molar-refractivity contribution is 14.1. The van der Waals surface area contributed by atoms with Crippen LogP contribution in [0, 0.1) is 3.57 Å². The topological polar surface area (TPSA) is 74.8 Å². The molecule has 3 aromatic carbocycles. The lowest BCUT2D eigenvalue weighted by Gasteiger charge is -2.32. The Kier molecular flexibility index (Phi) is 7.04. The maximum atomic E-state index is 13.8. The third kappa shape index (κ3) is 4.77. The molecule has 170 valence electrons. The van der Waals surface area contributed by atoms with E-state index in [4.69, 9.17) is 0 Å². The van der Waals surface area contributed by atoms with Gasteiger partial charge in [0.2, 0.25) is 15.9 Å². The van der Waals surface area contributed by atoms with Crippen molar-refractivity contribution in [1.29, 1.82) is 0 Å². The Hall–Kier alpha value is -2.08. The molecule has 2 amide bonds. The minimum atomic E-state index is -4.11. The molecule has 33 heavy (non-hydrogen) atoms. The summed E-state index contributed by atoms with van der Waals surface area (Å²) < 4.78 is 30.5. The number of rotatable bonds is 6. The number of carbonyl (C=O) groups excluding carboxylic acids is 2. The Bertz CT molecular complexity index is 1280. The predicted molar refractivity (Wildman–Crippen MR) is 138 cm³/mol. The van der Waals surface area contributed by atoms with Crippen molar-refractivity contribution in [3.63, 3.8) is 0 Å². The van der Waals surface area contributed by atoms with E-state index in [9.17, 15) is 18.0 Å². The molecule has 1 saturated heterocycles. The summed E-state index contributed by atoms with van der Waals surface area (Å²) in [6.07, 6.45) is -0.224. The minimum absolute atomic E-state index is 0.0569. The summed E-state index contributed by atoms with van der Waals surface area (Å²) in [7, 11) is -4.11. The Balaban J connectivity index is 1.79. The smallest absolute Gasteiger partial charge is 0.252 e. The fourth-order valence-corrected chi connectivity index (χ4v) is 6.31. The van der Waals surface area contributed by atoms with Gasteiger partial charge in [0.25, 0.3) is 5.91 Å². The molecule has 9 heteroatoms. The highest BCUT2D eigenvalue weighted by Crippen LogP contribution is 2.36. The van der Waals surface area contributed by atoms with Gasteiger partial charge in [0, 0.05) is 14.1 Å². The van der Waals surface area contributed by atoms with Crippen LogP contribution < -0.4 is 4.90 Å². The first-order valence-electron chi connectivity index (χ1n) is 10.2. The van der Waals surface area contributed by atoms with Crippen LogP contribution in [-0.4, -0.2) is 30.6 Å². The molecule has 2 unspecified atom stereocenters. The zero-order chi connectivity index (χ0) is 23.8. The number of benzene rings is 3. The summed E-state index contributed by atoms with van der Waals surface area (Å²) in [5, 5.41) is 0. The molecule has 1 aliphatic heterocycles. The van der Waals surface area contributed by atoms with Gasteiger partial charge in [-0.05, 0) is 83.6 Å². The van der Waals surface area contributed by atoms with Gasteiger partial charge in [0.05, 0.1) is 17.0 Å². The maximum absolute atomic E-state index is 13.8. The van der Waals surface area contributed by atoms with E-state index in [1.54, 1.807) is 43.3 Å². The quantitative estimate of drug-likeness (QED) is 0.277. The average molecular weight is 639 g/mol. The van der Waals surface area contributed by atoms with Crippen LogP contribution in [0.4, 0.5) is 5.69 Å². The third-order valence-electron chi connectivity index (χ3n) is 5.57. The van der Waals surface area contributed by atoms with Crippen molar-refractivity contribution >= 4 is 66.0 Å². The molecule has 3 aromatic rings. The highest BCUT2D eigenvalue weighted by Gasteiger charge is 2.48. The minimum Gasteiger partial charge on any atom is -0.274 e. The first-order valence-corrected chi connectivity index (χ1v) is 13.5. The summed E-state index contributed by atoms with van der Waals surface area (Å²) in [6, 6.07) is 20.5. The fraction of sp³-hybridized carbons (Fsp3) is 0.167. The van der Waals surface area contributed by atoms with Crippen molar-refractivity contribution in [3.05, 3.63) is 92.5 Å². The van der Waals surface area contributed by atoms with Crippen LogP contribution in [0.1, 0.15) is 24.9 Å². The van der Waals surface area contributed by atoms with Gasteiger partial charge in [0.15, 0.2) is 0 Å². The second-order valence-electron chi connectivity index (χ2n) is 7.64. The molecule has 1 heterocycles. The van der Waals surface area contributed by atoms with Gasteiger partial charge in [-0.2, -0.15) is 4.31 Å². The number of sulfonamides is 1. The number of anilines is 1. The van der Waals surface area contributed by atoms with Crippen LogP contribution in [-0.2, 0) is 19.6 Å². The van der Waals surface area contributed by atoms with E-state index in [0.717, 1.165) is 18.5 Å². The molecule has 6 nitrogen and oxygen atoms in total. The van der Waals surface area contributed by atoms with E-state index in [1.165, 1.54) is 16.4 Å². The second-order valence-corrected chi connectivity index (χ2v) is 11.6. The van der Waals surface area contributed by atoms with Gasteiger partial charge >= 0.3 is 0 Å². The van der Waals surface area contributed by atoms with Gasteiger partial charge in [-0.15, -0.1) is 0 Å². The van der Waals surface area contributed by atoms with Crippen LogP contribution in [0.2, 0.25) is 0 Å². The predicted octanol–water partition coefficient (Wildman–Crippen LogP) is 5.14. The molecule has 0 bridgehead atoms. The maximum Gasteiger partial charge on any atom is 0.252 e. The number of nitrogens with zero attached hydrogens (tertiary/aromatic N) is 2. The molecule has 0 saturated carbocycles. The van der Waals surface area contributed by atoms with E-state index in [1.807, 2.05) is 30.3 Å². The Morgan fingerprint density at radius 3 is 2.18 bits per heavy atom. The zero-order valence-electron chi connectivity index (χ0n) is 17.6. The Labute approximate surface area is 214 Å². The normalized spacial score (nSPS) is 17.6. The molecule has 4 rings (SSSR count). The van der Waals surface area contributed by atoms with Crippen molar-refractivity contribution in [2.24, 2.45) is 0 Å². The molecular weight excluding hydrogens is 619 g/mol. The molecule has 2 atom stereocenters. The number of hydrogen-bond acceptors (Lipinski definition) is 4. The molecule has 1 fully saturated rings. The van der Waals surface area contributed by atoms with Crippen molar-refractivity contribution in [2.45, 2.75) is 30.3 Å². The molecule has 0 radical (unpaired) electrons. The van der Waals surface area contributed by atoms with Gasteiger partial charge in [-0.25, -0.2) is 13.3 Å². The third-order valence-corrected chi connectivity index (χ3v) is 8.81. The zero-order valence-corrected chi connectivity index (χ0v) is 22.1. The van der Waals surface area contributed by atoms with Crippen molar-refractivity contribution in [3.8, 4) is 0 Å². The lowest BCUT2D eigenvalue weighted by atomic mass is 10.1. The summed E-state index contributed by atoms with van der Waals surface area (Å²) in [5.74, 6) is -0.979. The molecular formula is C24H20BrIN2O4S. The summed E-state index contributed by atoms with van der Waals surface area (Å²) in [5.41, 5.74) is 1.16. The Morgan fingerprint density at radius 2 is 1.58 bits per heavy atom. The van der Waals surface area contributed by atoms with E-state index in [2.05, 4.69) is 38.5 Å². The molecule has 1 aliphatic rings. The van der Waals surface area contributed by atoms with E-state index >= 15 is 0 Å². The van der Waals surface area contributed by atoms with Crippen LogP contribution in [0.15, 0.2) is 88.2 Å². The van der Waals surface area contributed by atoms with Gasteiger partial charge in [-0.3, -0.25) is 9.59 Å². The van der Waals surface area contributed by atoms with Crippen LogP contribution in [0.3, 0.4) is 0 Å². The number of hydrogen-bond donors (Lipinski definition) is 0. The SMILES string of the molecule is CC(c1ccccc1)N(C1CC(=O)N(c2ccc(I)cc2)C1=O)S(=O)(=O)c1ccc(Br)cc1. The number of carbonyl (C=O) groups is 2. The molecule has 0 N–H and O–H groups in total. The van der Waals surface area contributed by atoms with Crippen LogP contribution in [0.5, 0.6) is 0 Å². The van der Waals surface area contributed by atoms with E-state index in [-0.39, 0.29) is 11.3 Å². The fourth-order valence-electron chi connectivity index (χ4n) is 3.93. The van der Waals surface area contributed by atoms with E-state index < -0.39 is 33.9 Å². The van der Waals surface area contributed by atoms with Crippen molar-refractivity contribution in [1.82, 2.24) is 4.31 Å². The molecule has 0 spiro atoms. The standard InChI is InChI=1S/C24H20BrIN2O4S/c1-16(17-5-3-2-4-6-17)28(33(31,32)21-13-7-18(25)8-14-21)22-15-23(29)27(24(22)30)20-11-9-19(26)10-12-20/h2-14,16,22H,15H2,1H3. The van der Waals surface area contributed by atoms with Gasteiger partial charge in [-0.1, -0.05) is 46.3 Å². The van der Waals surface area contributed by atoms with E-state index in [0.29, 0.717) is 5.69 Å². The summed E-state index contributed by atoms with van der Waals surface area (Å²) >= 11 is 5.46. The monoisotopic (exact) mass is 638 g/mol. The number of amides is 2. The first-order chi connectivity index (χ1) is 15.7. The van der Waals surface area contributed by atoms with Gasteiger partial charge in [0.1, 0.15) is 6.04 Å². The van der Waals surface area contributed by atoms with Crippen LogP contribution in [0.25, 0.3) is 0 Å². The average Bonchev–Trinajstić information content (AvgIpc) is 3.08. The molecule has 0 aromatic heterocycles. The number of imide groups is 1.